The van der Waals surface area contributed by atoms with E-state index in [1.165, 1.54) is 0 Å². The predicted octanol–water partition coefficient (Wildman–Crippen LogP) is 3.66. The van der Waals surface area contributed by atoms with Crippen molar-refractivity contribution in [3.05, 3.63) is 48.5 Å². The topological polar surface area (TPSA) is 43.0 Å². The first-order chi connectivity index (χ1) is 12.3. The zero-order chi connectivity index (χ0) is 17.1. The quantitative estimate of drug-likeness (QED) is 0.847. The number of ether oxygens (including phenoxy) is 3. The van der Waals surface area contributed by atoms with Crippen molar-refractivity contribution in [2.75, 3.05) is 25.2 Å². The zero-order valence-electron chi connectivity index (χ0n) is 13.8. The summed E-state index contributed by atoms with van der Waals surface area (Å²) in [5.74, 6) is 2.36. The van der Waals surface area contributed by atoms with Gasteiger partial charge in [0, 0.05) is 37.7 Å². The van der Waals surface area contributed by atoms with E-state index >= 15 is 0 Å². The van der Waals surface area contributed by atoms with Crippen molar-refractivity contribution in [3.8, 4) is 17.2 Å². The Balaban J connectivity index is 1.29. The summed E-state index contributed by atoms with van der Waals surface area (Å²) in [7, 11) is 0. The maximum absolute atomic E-state index is 6.10. The van der Waals surface area contributed by atoms with E-state index in [1.807, 2.05) is 48.5 Å². The first kappa shape index (κ1) is 16.0. The molecule has 0 aliphatic carbocycles. The normalized spacial score (nSPS) is 16.6. The Morgan fingerprint density at radius 3 is 2.60 bits per heavy atom. The molecular weight excluding hydrogens is 336 g/mol. The zero-order valence-corrected chi connectivity index (χ0v) is 14.6. The third kappa shape index (κ3) is 3.79. The summed E-state index contributed by atoms with van der Waals surface area (Å²) in [6, 6.07) is 15.7. The highest BCUT2D eigenvalue weighted by molar-refractivity contribution is 7.80. The van der Waals surface area contributed by atoms with Crippen molar-refractivity contribution >= 4 is 23.0 Å². The lowest BCUT2D eigenvalue weighted by atomic mass is 10.1. The molecule has 2 aliphatic heterocycles. The highest BCUT2D eigenvalue weighted by Gasteiger charge is 2.23. The molecule has 0 amide bonds. The van der Waals surface area contributed by atoms with E-state index in [0.717, 1.165) is 54.0 Å². The number of hydrogen-bond donors (Lipinski definition) is 1. The van der Waals surface area contributed by atoms with Crippen LogP contribution in [0.15, 0.2) is 48.5 Å². The van der Waals surface area contributed by atoms with Crippen molar-refractivity contribution in [2.24, 2.45) is 0 Å². The van der Waals surface area contributed by atoms with Gasteiger partial charge in [-0.3, -0.25) is 0 Å². The molecule has 6 heteroatoms. The van der Waals surface area contributed by atoms with Gasteiger partial charge in [0.2, 0.25) is 6.79 Å². The standard InChI is InChI=1S/C19H20N2O3S/c25-19(20-14-4-2-1-3-5-14)21-10-8-15(9-11-21)24-16-6-7-17-18(12-16)23-13-22-17/h1-7,12,15H,8-11,13H2,(H,20,25). The van der Waals surface area contributed by atoms with Crippen LogP contribution < -0.4 is 19.5 Å². The summed E-state index contributed by atoms with van der Waals surface area (Å²) in [6.07, 6.45) is 2.06. The average molecular weight is 356 g/mol. The van der Waals surface area contributed by atoms with Crippen molar-refractivity contribution in [2.45, 2.75) is 18.9 Å². The van der Waals surface area contributed by atoms with Gasteiger partial charge in [0.25, 0.3) is 0 Å². The highest BCUT2D eigenvalue weighted by Crippen LogP contribution is 2.35. The molecule has 2 aromatic carbocycles. The fourth-order valence-electron chi connectivity index (χ4n) is 3.04. The van der Waals surface area contributed by atoms with E-state index in [2.05, 4.69) is 10.2 Å². The van der Waals surface area contributed by atoms with Crippen LogP contribution in [0, 0.1) is 0 Å². The van der Waals surface area contributed by atoms with Gasteiger partial charge >= 0.3 is 0 Å². The minimum Gasteiger partial charge on any atom is -0.490 e. The molecule has 1 fully saturated rings. The van der Waals surface area contributed by atoms with Crippen LogP contribution in [-0.4, -0.2) is 36.0 Å². The summed E-state index contributed by atoms with van der Waals surface area (Å²) >= 11 is 5.52. The van der Waals surface area contributed by atoms with Gasteiger partial charge in [0.05, 0.1) is 0 Å². The molecule has 25 heavy (non-hydrogen) atoms. The molecule has 2 aromatic rings. The summed E-state index contributed by atoms with van der Waals surface area (Å²) in [5.41, 5.74) is 1.02. The molecule has 0 radical (unpaired) electrons. The lowest BCUT2D eigenvalue weighted by Crippen LogP contribution is -2.43. The fraction of sp³-hybridized carbons (Fsp3) is 0.316. The Bertz CT molecular complexity index is 746. The van der Waals surface area contributed by atoms with Gasteiger partial charge in [0.15, 0.2) is 16.6 Å². The van der Waals surface area contributed by atoms with E-state index in [0.29, 0.717) is 0 Å². The summed E-state index contributed by atoms with van der Waals surface area (Å²) in [5, 5.41) is 4.06. The van der Waals surface area contributed by atoms with Gasteiger partial charge in [-0.1, -0.05) is 18.2 Å². The third-order valence-corrected chi connectivity index (χ3v) is 4.76. The third-order valence-electron chi connectivity index (χ3n) is 4.40. The number of anilines is 1. The number of likely N-dealkylation sites (tertiary alicyclic amines) is 1. The van der Waals surface area contributed by atoms with Gasteiger partial charge in [-0.2, -0.15) is 0 Å². The van der Waals surface area contributed by atoms with E-state index < -0.39 is 0 Å². The maximum atomic E-state index is 6.10. The largest absolute Gasteiger partial charge is 0.490 e. The maximum Gasteiger partial charge on any atom is 0.231 e. The Kier molecular flexibility index (Phi) is 4.61. The average Bonchev–Trinajstić information content (AvgIpc) is 3.11. The summed E-state index contributed by atoms with van der Waals surface area (Å²) in [4.78, 5) is 2.20. The van der Waals surface area contributed by atoms with E-state index in [-0.39, 0.29) is 12.9 Å². The number of rotatable bonds is 3. The fourth-order valence-corrected chi connectivity index (χ4v) is 3.34. The molecule has 5 nitrogen and oxygen atoms in total. The second-order valence-corrected chi connectivity index (χ2v) is 6.50. The first-order valence-electron chi connectivity index (χ1n) is 8.45. The summed E-state index contributed by atoms with van der Waals surface area (Å²) < 4.78 is 16.8. The number of fused-ring (bicyclic) bond motifs is 1. The SMILES string of the molecule is S=C(Nc1ccccc1)N1CCC(Oc2ccc3c(c2)OCO3)CC1. The van der Waals surface area contributed by atoms with Crippen molar-refractivity contribution in [1.82, 2.24) is 4.90 Å². The van der Waals surface area contributed by atoms with Crippen LogP contribution in [-0.2, 0) is 0 Å². The molecule has 2 heterocycles. The molecule has 0 atom stereocenters. The minimum absolute atomic E-state index is 0.191. The number of thiocarbonyl (C=S) groups is 1. The van der Waals surface area contributed by atoms with Crippen LogP contribution in [0.1, 0.15) is 12.8 Å². The van der Waals surface area contributed by atoms with Gasteiger partial charge in [-0.25, -0.2) is 0 Å². The van der Waals surface area contributed by atoms with Crippen molar-refractivity contribution in [1.29, 1.82) is 0 Å². The molecule has 0 unspecified atom stereocenters. The molecule has 4 rings (SSSR count). The number of nitrogens with zero attached hydrogens (tertiary/aromatic N) is 1. The van der Waals surface area contributed by atoms with Crippen LogP contribution in [0.25, 0.3) is 0 Å². The second-order valence-electron chi connectivity index (χ2n) is 6.12. The Labute approximate surface area is 152 Å². The van der Waals surface area contributed by atoms with Crippen molar-refractivity contribution < 1.29 is 14.2 Å². The van der Waals surface area contributed by atoms with Gasteiger partial charge in [-0.05, 0) is 36.5 Å². The Morgan fingerprint density at radius 1 is 1.04 bits per heavy atom. The lowest BCUT2D eigenvalue weighted by Gasteiger charge is -2.34. The van der Waals surface area contributed by atoms with E-state index in [1.54, 1.807) is 0 Å². The number of benzene rings is 2. The van der Waals surface area contributed by atoms with Gasteiger partial charge < -0.3 is 24.4 Å². The molecular formula is C19H20N2O3S. The van der Waals surface area contributed by atoms with Crippen LogP contribution in [0.4, 0.5) is 5.69 Å². The number of para-hydroxylation sites is 1. The number of hydrogen-bond acceptors (Lipinski definition) is 4. The predicted molar refractivity (Wildman–Crippen MR) is 100 cm³/mol. The van der Waals surface area contributed by atoms with E-state index in [4.69, 9.17) is 26.4 Å². The van der Waals surface area contributed by atoms with Gasteiger partial charge in [0.1, 0.15) is 11.9 Å². The van der Waals surface area contributed by atoms with E-state index in [9.17, 15) is 0 Å². The van der Waals surface area contributed by atoms with Crippen LogP contribution in [0.3, 0.4) is 0 Å². The Hall–Kier alpha value is -2.47. The number of piperidine rings is 1. The monoisotopic (exact) mass is 356 g/mol. The second kappa shape index (κ2) is 7.19. The molecule has 0 saturated carbocycles. The minimum atomic E-state index is 0.191. The first-order valence-corrected chi connectivity index (χ1v) is 8.86. The van der Waals surface area contributed by atoms with Crippen LogP contribution in [0.5, 0.6) is 17.2 Å². The van der Waals surface area contributed by atoms with Crippen LogP contribution in [0.2, 0.25) is 0 Å². The van der Waals surface area contributed by atoms with Crippen LogP contribution >= 0.6 is 12.2 Å². The molecule has 2 aliphatic rings. The molecule has 1 saturated heterocycles. The lowest BCUT2D eigenvalue weighted by molar-refractivity contribution is 0.131. The highest BCUT2D eigenvalue weighted by atomic mass is 32.1. The summed E-state index contributed by atoms with van der Waals surface area (Å²) in [6.45, 7) is 2.05. The Morgan fingerprint density at radius 2 is 1.80 bits per heavy atom. The number of nitrogens with one attached hydrogen (secondary N) is 1. The van der Waals surface area contributed by atoms with Gasteiger partial charge in [-0.15, -0.1) is 0 Å². The molecule has 0 spiro atoms. The molecule has 0 aromatic heterocycles. The van der Waals surface area contributed by atoms with Crippen molar-refractivity contribution in [3.63, 3.8) is 0 Å². The molecule has 0 bridgehead atoms. The smallest absolute Gasteiger partial charge is 0.231 e. The molecule has 130 valence electrons. The molecule has 1 N–H and O–H groups in total.